The van der Waals surface area contributed by atoms with Crippen LogP contribution in [-0.4, -0.2) is 78.5 Å². The SMILES string of the molecule is COc1cc(Nc2cc(Oc3ccc(NC(=O)O)c4ccccc34)ncn2)cc(C(=O)NCCN2CCOCC2)c1. The van der Waals surface area contributed by atoms with E-state index in [9.17, 15) is 9.59 Å². The second kappa shape index (κ2) is 12.9. The Bertz CT molecular complexity index is 1540. The Balaban J connectivity index is 1.29. The van der Waals surface area contributed by atoms with E-state index in [0.29, 0.717) is 64.8 Å². The number of aromatic nitrogens is 2. The normalized spacial score (nSPS) is 13.4. The smallest absolute Gasteiger partial charge is 0.409 e. The van der Waals surface area contributed by atoms with Crippen LogP contribution in [0.1, 0.15) is 10.4 Å². The molecule has 0 unspecified atom stereocenters. The molecule has 3 aromatic carbocycles. The summed E-state index contributed by atoms with van der Waals surface area (Å²) in [5, 5.41) is 19.1. The molecule has 4 N–H and O–H groups in total. The first-order valence-corrected chi connectivity index (χ1v) is 13.0. The quantitative estimate of drug-likeness (QED) is 0.222. The predicted octanol–water partition coefficient (Wildman–Crippen LogP) is 4.33. The topological polar surface area (TPSA) is 147 Å². The Morgan fingerprint density at radius 1 is 1.02 bits per heavy atom. The molecule has 212 valence electrons. The van der Waals surface area contributed by atoms with Gasteiger partial charge in [-0.2, -0.15) is 0 Å². The van der Waals surface area contributed by atoms with Crippen molar-refractivity contribution in [3.05, 3.63) is 72.6 Å². The molecule has 0 radical (unpaired) electrons. The van der Waals surface area contributed by atoms with E-state index in [1.807, 2.05) is 18.2 Å². The van der Waals surface area contributed by atoms with Crippen molar-refractivity contribution in [2.24, 2.45) is 0 Å². The maximum Gasteiger partial charge on any atom is 0.409 e. The van der Waals surface area contributed by atoms with E-state index in [2.05, 4.69) is 30.8 Å². The van der Waals surface area contributed by atoms with Crippen molar-refractivity contribution in [2.75, 3.05) is 57.1 Å². The van der Waals surface area contributed by atoms with E-state index in [0.717, 1.165) is 19.6 Å². The third-order valence-corrected chi connectivity index (χ3v) is 6.48. The summed E-state index contributed by atoms with van der Waals surface area (Å²) < 4.78 is 16.8. The number of nitrogens with zero attached hydrogens (tertiary/aromatic N) is 3. The predicted molar refractivity (Wildman–Crippen MR) is 154 cm³/mol. The van der Waals surface area contributed by atoms with E-state index in [4.69, 9.17) is 19.3 Å². The van der Waals surface area contributed by atoms with E-state index < -0.39 is 6.09 Å². The number of morpholine rings is 1. The summed E-state index contributed by atoms with van der Waals surface area (Å²) in [6.07, 6.45) is 0.209. The van der Waals surface area contributed by atoms with Gasteiger partial charge in [-0.25, -0.2) is 14.8 Å². The Kier molecular flexibility index (Phi) is 8.72. The van der Waals surface area contributed by atoms with Crippen LogP contribution in [0.15, 0.2) is 67.0 Å². The van der Waals surface area contributed by atoms with E-state index in [-0.39, 0.29) is 11.8 Å². The summed E-state index contributed by atoms with van der Waals surface area (Å²) in [5.74, 6) is 1.52. The number of nitrogens with one attached hydrogen (secondary N) is 3. The summed E-state index contributed by atoms with van der Waals surface area (Å²) in [5.41, 5.74) is 1.49. The first-order chi connectivity index (χ1) is 20.0. The molecule has 1 aliphatic rings. The molecule has 0 aliphatic carbocycles. The van der Waals surface area contributed by atoms with Gasteiger partial charge in [0.1, 0.15) is 23.6 Å². The van der Waals surface area contributed by atoms with Gasteiger partial charge in [0.2, 0.25) is 5.88 Å². The zero-order chi connectivity index (χ0) is 28.6. The fourth-order valence-electron chi connectivity index (χ4n) is 4.48. The molecule has 12 heteroatoms. The molecule has 1 fully saturated rings. The summed E-state index contributed by atoms with van der Waals surface area (Å²) in [4.78, 5) is 34.8. The average Bonchev–Trinajstić information content (AvgIpc) is 2.98. The van der Waals surface area contributed by atoms with Gasteiger partial charge in [-0.15, -0.1) is 0 Å². The number of hydrogen-bond donors (Lipinski definition) is 4. The number of anilines is 3. The van der Waals surface area contributed by atoms with Crippen molar-refractivity contribution in [2.45, 2.75) is 0 Å². The Morgan fingerprint density at radius 3 is 2.61 bits per heavy atom. The molecule has 2 amide bonds. The van der Waals surface area contributed by atoms with Crippen LogP contribution in [0.4, 0.5) is 22.0 Å². The van der Waals surface area contributed by atoms with Crippen molar-refractivity contribution in [1.29, 1.82) is 0 Å². The molecular formula is C29H30N6O6. The molecule has 1 aliphatic heterocycles. The molecule has 12 nitrogen and oxygen atoms in total. The van der Waals surface area contributed by atoms with Gasteiger partial charge in [0, 0.05) is 60.3 Å². The van der Waals surface area contributed by atoms with Gasteiger partial charge in [-0.1, -0.05) is 24.3 Å². The van der Waals surface area contributed by atoms with Gasteiger partial charge in [0.15, 0.2) is 0 Å². The highest BCUT2D eigenvalue weighted by molar-refractivity contribution is 6.02. The van der Waals surface area contributed by atoms with Gasteiger partial charge in [0.25, 0.3) is 5.91 Å². The monoisotopic (exact) mass is 558 g/mol. The van der Waals surface area contributed by atoms with Crippen LogP contribution in [0.25, 0.3) is 10.8 Å². The lowest BCUT2D eigenvalue weighted by Gasteiger charge is -2.26. The molecule has 0 bridgehead atoms. The second-order valence-corrected chi connectivity index (χ2v) is 9.22. The number of benzene rings is 3. The minimum absolute atomic E-state index is 0.209. The number of ether oxygens (including phenoxy) is 3. The molecule has 2 heterocycles. The zero-order valence-electron chi connectivity index (χ0n) is 22.4. The first-order valence-electron chi connectivity index (χ1n) is 13.0. The standard InChI is InChI=1S/C29H30N6O6/c1-39-21-15-19(28(36)30-8-9-35-10-12-40-13-11-35)14-20(16-21)33-26-17-27(32-18-31-26)41-25-7-6-24(34-29(37)38)22-4-2-3-5-23(22)25/h2-7,14-18,34H,8-13H2,1H3,(H,30,36)(H,37,38)(H,31,32,33). The molecule has 0 saturated carbocycles. The summed E-state index contributed by atoms with van der Waals surface area (Å²) in [6, 6.07) is 17.4. The van der Waals surface area contributed by atoms with E-state index in [1.54, 1.807) is 42.5 Å². The van der Waals surface area contributed by atoms with E-state index >= 15 is 0 Å². The van der Waals surface area contributed by atoms with Crippen LogP contribution >= 0.6 is 0 Å². The third-order valence-electron chi connectivity index (χ3n) is 6.48. The molecule has 1 aromatic heterocycles. The fourth-order valence-corrected chi connectivity index (χ4v) is 4.48. The highest BCUT2D eigenvalue weighted by Gasteiger charge is 2.14. The second-order valence-electron chi connectivity index (χ2n) is 9.22. The number of carboxylic acid groups (broad SMARTS) is 1. The fraction of sp³-hybridized carbons (Fsp3) is 0.241. The van der Waals surface area contributed by atoms with Crippen LogP contribution in [0.3, 0.4) is 0 Å². The van der Waals surface area contributed by atoms with Crippen LogP contribution in [-0.2, 0) is 4.74 Å². The van der Waals surface area contributed by atoms with Gasteiger partial charge < -0.3 is 30.0 Å². The summed E-state index contributed by atoms with van der Waals surface area (Å²) >= 11 is 0. The van der Waals surface area contributed by atoms with Crippen LogP contribution in [0.2, 0.25) is 0 Å². The lowest BCUT2D eigenvalue weighted by atomic mass is 10.1. The van der Waals surface area contributed by atoms with Gasteiger partial charge in [0.05, 0.1) is 26.0 Å². The van der Waals surface area contributed by atoms with Crippen molar-refractivity contribution in [3.8, 4) is 17.4 Å². The van der Waals surface area contributed by atoms with Crippen molar-refractivity contribution < 1.29 is 28.9 Å². The number of methoxy groups -OCH3 is 1. The largest absolute Gasteiger partial charge is 0.497 e. The molecule has 0 atom stereocenters. The molecule has 41 heavy (non-hydrogen) atoms. The summed E-state index contributed by atoms with van der Waals surface area (Å²) in [7, 11) is 1.54. The average molecular weight is 559 g/mol. The number of carbonyl (C=O) groups is 2. The lowest BCUT2D eigenvalue weighted by Crippen LogP contribution is -2.41. The van der Waals surface area contributed by atoms with Gasteiger partial charge in [-0.3, -0.25) is 15.0 Å². The summed E-state index contributed by atoms with van der Waals surface area (Å²) in [6.45, 7) is 4.41. The molecular weight excluding hydrogens is 528 g/mol. The first kappa shape index (κ1) is 27.6. The van der Waals surface area contributed by atoms with E-state index in [1.165, 1.54) is 13.4 Å². The number of hydrogen-bond acceptors (Lipinski definition) is 9. The molecule has 1 saturated heterocycles. The van der Waals surface area contributed by atoms with Crippen LogP contribution in [0, 0.1) is 0 Å². The number of carbonyl (C=O) groups excluding carboxylic acids is 1. The minimum atomic E-state index is -1.15. The number of fused-ring (bicyclic) bond motifs is 1. The van der Waals surface area contributed by atoms with Crippen molar-refractivity contribution in [1.82, 2.24) is 20.2 Å². The zero-order valence-corrected chi connectivity index (χ0v) is 22.4. The molecule has 5 rings (SSSR count). The minimum Gasteiger partial charge on any atom is -0.497 e. The van der Waals surface area contributed by atoms with Crippen LogP contribution < -0.4 is 25.4 Å². The Hall–Kier alpha value is -4.94. The highest BCUT2D eigenvalue weighted by Crippen LogP contribution is 2.34. The van der Waals surface area contributed by atoms with Gasteiger partial charge in [-0.05, 0) is 24.3 Å². The lowest BCUT2D eigenvalue weighted by molar-refractivity contribution is 0.0383. The highest BCUT2D eigenvalue weighted by atomic mass is 16.5. The molecule has 4 aromatic rings. The van der Waals surface area contributed by atoms with Gasteiger partial charge >= 0.3 is 6.09 Å². The van der Waals surface area contributed by atoms with Crippen molar-refractivity contribution in [3.63, 3.8) is 0 Å². The Labute approximate surface area is 236 Å². The number of amides is 2. The third kappa shape index (κ3) is 7.18. The van der Waals surface area contributed by atoms with Crippen molar-refractivity contribution >= 4 is 40.0 Å². The number of rotatable bonds is 10. The molecule has 0 spiro atoms. The maximum absolute atomic E-state index is 12.9. The Morgan fingerprint density at radius 2 is 1.83 bits per heavy atom. The maximum atomic E-state index is 12.9. The van der Waals surface area contributed by atoms with Crippen LogP contribution in [0.5, 0.6) is 17.4 Å².